The van der Waals surface area contributed by atoms with E-state index in [-0.39, 0.29) is 11.9 Å². The number of hydrogen-bond acceptors (Lipinski definition) is 4. The van der Waals surface area contributed by atoms with Gasteiger partial charge in [-0.05, 0) is 30.7 Å². The molecular formula is C15H24N2O2S. The van der Waals surface area contributed by atoms with Crippen molar-refractivity contribution in [3.05, 3.63) is 24.3 Å². The number of rotatable bonds is 9. The lowest BCUT2D eigenvalue weighted by molar-refractivity contribution is -0.119. The summed E-state index contributed by atoms with van der Waals surface area (Å²) in [6.07, 6.45) is 3.16. The molecule has 20 heavy (non-hydrogen) atoms. The van der Waals surface area contributed by atoms with Crippen molar-refractivity contribution >= 4 is 17.7 Å². The summed E-state index contributed by atoms with van der Waals surface area (Å²) in [5, 5.41) is 2.98. The third-order valence-electron chi connectivity index (χ3n) is 2.99. The minimum Gasteiger partial charge on any atom is -0.497 e. The maximum atomic E-state index is 11.9. The smallest absolute Gasteiger partial charge is 0.230 e. The summed E-state index contributed by atoms with van der Waals surface area (Å²) in [5.74, 6) is 1.27. The van der Waals surface area contributed by atoms with Crippen molar-refractivity contribution in [3.63, 3.8) is 0 Å². The standard InChI is InChI=1S/C15H24N2O2S/c1-3-4-5-12(10-16)17-15(18)11-20-14-8-6-13(19-2)7-9-14/h6-9,12H,3-5,10-11,16H2,1-2H3,(H,17,18). The number of thioether (sulfide) groups is 1. The molecule has 0 radical (unpaired) electrons. The number of benzene rings is 1. The van der Waals surface area contributed by atoms with E-state index in [0.717, 1.165) is 29.9 Å². The van der Waals surface area contributed by atoms with E-state index in [4.69, 9.17) is 10.5 Å². The molecule has 0 bridgehead atoms. The molecular weight excluding hydrogens is 272 g/mol. The lowest BCUT2D eigenvalue weighted by Crippen LogP contribution is -2.41. The van der Waals surface area contributed by atoms with Gasteiger partial charge in [-0.2, -0.15) is 0 Å². The van der Waals surface area contributed by atoms with Crippen molar-refractivity contribution in [2.75, 3.05) is 19.4 Å². The first-order valence-electron chi connectivity index (χ1n) is 6.95. The molecule has 0 saturated carbocycles. The highest BCUT2D eigenvalue weighted by atomic mass is 32.2. The van der Waals surface area contributed by atoms with Gasteiger partial charge in [0.2, 0.25) is 5.91 Å². The summed E-state index contributed by atoms with van der Waals surface area (Å²) < 4.78 is 5.10. The van der Waals surface area contributed by atoms with Gasteiger partial charge in [0.25, 0.3) is 0 Å². The number of nitrogens with one attached hydrogen (secondary N) is 1. The van der Waals surface area contributed by atoms with Gasteiger partial charge in [-0.15, -0.1) is 11.8 Å². The zero-order valence-corrected chi connectivity index (χ0v) is 13.0. The van der Waals surface area contributed by atoms with Crippen molar-refractivity contribution < 1.29 is 9.53 Å². The Hall–Kier alpha value is -1.20. The van der Waals surface area contributed by atoms with Gasteiger partial charge < -0.3 is 15.8 Å². The summed E-state index contributed by atoms with van der Waals surface area (Å²) in [7, 11) is 1.64. The van der Waals surface area contributed by atoms with Crippen LogP contribution in [0.25, 0.3) is 0 Å². The monoisotopic (exact) mass is 296 g/mol. The number of carbonyl (C=O) groups is 1. The SMILES string of the molecule is CCCCC(CN)NC(=O)CSc1ccc(OC)cc1. The summed E-state index contributed by atoms with van der Waals surface area (Å²) in [6.45, 7) is 2.63. The molecule has 0 saturated heterocycles. The number of hydrogen-bond donors (Lipinski definition) is 2. The van der Waals surface area contributed by atoms with Crippen LogP contribution in [0.1, 0.15) is 26.2 Å². The molecule has 0 aliphatic heterocycles. The molecule has 5 heteroatoms. The van der Waals surface area contributed by atoms with Crippen molar-refractivity contribution in [2.45, 2.75) is 37.1 Å². The molecule has 3 N–H and O–H groups in total. The molecule has 0 aromatic heterocycles. The van der Waals surface area contributed by atoms with Crippen LogP contribution in [0.3, 0.4) is 0 Å². The molecule has 112 valence electrons. The Kier molecular flexibility index (Phi) is 8.14. The van der Waals surface area contributed by atoms with E-state index in [0.29, 0.717) is 12.3 Å². The molecule has 1 aromatic carbocycles. The summed E-state index contributed by atoms with van der Waals surface area (Å²) in [5.41, 5.74) is 5.67. The van der Waals surface area contributed by atoms with E-state index in [1.807, 2.05) is 24.3 Å². The van der Waals surface area contributed by atoms with Crippen LogP contribution in [0.5, 0.6) is 5.75 Å². The molecule has 1 aromatic rings. The first-order chi connectivity index (χ1) is 9.69. The molecule has 0 aliphatic carbocycles. The highest BCUT2D eigenvalue weighted by molar-refractivity contribution is 8.00. The van der Waals surface area contributed by atoms with Crippen LogP contribution < -0.4 is 15.8 Å². The highest BCUT2D eigenvalue weighted by Crippen LogP contribution is 2.20. The minimum atomic E-state index is 0.0392. The van der Waals surface area contributed by atoms with Crippen LogP contribution in [-0.2, 0) is 4.79 Å². The van der Waals surface area contributed by atoms with Gasteiger partial charge in [0, 0.05) is 17.5 Å². The van der Waals surface area contributed by atoms with Crippen molar-refractivity contribution in [3.8, 4) is 5.75 Å². The average molecular weight is 296 g/mol. The van der Waals surface area contributed by atoms with Gasteiger partial charge in [-0.1, -0.05) is 19.8 Å². The Bertz CT molecular complexity index is 395. The predicted molar refractivity (Wildman–Crippen MR) is 84.2 cm³/mol. The van der Waals surface area contributed by atoms with E-state index < -0.39 is 0 Å². The van der Waals surface area contributed by atoms with Crippen LogP contribution in [0.15, 0.2) is 29.2 Å². The van der Waals surface area contributed by atoms with Gasteiger partial charge in [-0.3, -0.25) is 4.79 Å². The first-order valence-corrected chi connectivity index (χ1v) is 7.94. The molecule has 1 amide bonds. The maximum absolute atomic E-state index is 11.9. The van der Waals surface area contributed by atoms with Crippen LogP contribution in [0, 0.1) is 0 Å². The zero-order valence-electron chi connectivity index (χ0n) is 12.2. The maximum Gasteiger partial charge on any atom is 0.230 e. The highest BCUT2D eigenvalue weighted by Gasteiger charge is 2.10. The molecule has 1 rings (SSSR count). The number of unbranched alkanes of at least 4 members (excludes halogenated alkanes) is 1. The van der Waals surface area contributed by atoms with Gasteiger partial charge in [0.1, 0.15) is 5.75 Å². The summed E-state index contributed by atoms with van der Waals surface area (Å²) >= 11 is 1.52. The Morgan fingerprint density at radius 2 is 2.10 bits per heavy atom. The Morgan fingerprint density at radius 1 is 1.40 bits per heavy atom. The fourth-order valence-corrected chi connectivity index (χ4v) is 2.50. The number of ether oxygens (including phenoxy) is 1. The molecule has 0 fully saturated rings. The van der Waals surface area contributed by atoms with E-state index in [2.05, 4.69) is 12.2 Å². The van der Waals surface area contributed by atoms with Gasteiger partial charge in [0.15, 0.2) is 0 Å². The Balaban J connectivity index is 2.34. The average Bonchev–Trinajstić information content (AvgIpc) is 2.49. The number of amides is 1. The molecule has 0 aliphatic rings. The second-order valence-corrected chi connectivity index (χ2v) is 5.66. The molecule has 1 atom stereocenters. The predicted octanol–water partition coefficient (Wildman–Crippen LogP) is 2.42. The van der Waals surface area contributed by atoms with E-state index >= 15 is 0 Å². The fourth-order valence-electron chi connectivity index (χ4n) is 1.79. The second-order valence-electron chi connectivity index (χ2n) is 4.61. The molecule has 0 heterocycles. The van der Waals surface area contributed by atoms with Crippen molar-refractivity contribution in [1.82, 2.24) is 5.32 Å². The van der Waals surface area contributed by atoms with E-state index in [1.165, 1.54) is 11.8 Å². The van der Waals surface area contributed by atoms with Crippen molar-refractivity contribution in [2.24, 2.45) is 5.73 Å². The van der Waals surface area contributed by atoms with E-state index in [9.17, 15) is 4.79 Å². The number of methoxy groups -OCH3 is 1. The molecule has 4 nitrogen and oxygen atoms in total. The zero-order chi connectivity index (χ0) is 14.8. The normalized spacial score (nSPS) is 11.9. The van der Waals surface area contributed by atoms with Gasteiger partial charge >= 0.3 is 0 Å². The summed E-state index contributed by atoms with van der Waals surface area (Å²) in [6, 6.07) is 7.79. The van der Waals surface area contributed by atoms with Crippen LogP contribution >= 0.6 is 11.8 Å². The first kappa shape index (κ1) is 16.9. The summed E-state index contributed by atoms with van der Waals surface area (Å²) in [4.78, 5) is 12.9. The largest absolute Gasteiger partial charge is 0.497 e. The van der Waals surface area contributed by atoms with Crippen LogP contribution in [0.4, 0.5) is 0 Å². The number of nitrogens with two attached hydrogens (primary N) is 1. The van der Waals surface area contributed by atoms with E-state index in [1.54, 1.807) is 7.11 Å². The third-order valence-corrected chi connectivity index (χ3v) is 4.00. The third kappa shape index (κ3) is 6.30. The van der Waals surface area contributed by atoms with Crippen LogP contribution in [0.2, 0.25) is 0 Å². The van der Waals surface area contributed by atoms with Crippen molar-refractivity contribution in [1.29, 1.82) is 0 Å². The fraction of sp³-hybridized carbons (Fsp3) is 0.533. The molecule has 0 spiro atoms. The molecule has 1 unspecified atom stereocenters. The lowest BCUT2D eigenvalue weighted by Gasteiger charge is -2.16. The Labute approximate surface area is 125 Å². The topological polar surface area (TPSA) is 64.3 Å². The lowest BCUT2D eigenvalue weighted by atomic mass is 10.1. The minimum absolute atomic E-state index is 0.0392. The second kappa shape index (κ2) is 9.66. The van der Waals surface area contributed by atoms with Gasteiger partial charge in [-0.25, -0.2) is 0 Å². The Morgan fingerprint density at radius 3 is 2.65 bits per heavy atom. The van der Waals surface area contributed by atoms with Gasteiger partial charge in [0.05, 0.1) is 12.9 Å². The quantitative estimate of drug-likeness (QED) is 0.687. The van der Waals surface area contributed by atoms with Crippen LogP contribution in [-0.4, -0.2) is 31.4 Å². The number of carbonyl (C=O) groups excluding carboxylic acids is 1.